The van der Waals surface area contributed by atoms with Gasteiger partial charge in [-0.05, 0) is 66.0 Å². The topological polar surface area (TPSA) is 73.9 Å². The maximum absolute atomic E-state index is 13.8. The molecule has 5 rings (SSSR count). The van der Waals surface area contributed by atoms with Gasteiger partial charge in [0.1, 0.15) is 5.75 Å². The van der Waals surface area contributed by atoms with E-state index in [2.05, 4.69) is 93.8 Å². The van der Waals surface area contributed by atoms with E-state index in [4.69, 9.17) is 17.0 Å². The molecule has 0 aromatic heterocycles. The summed E-state index contributed by atoms with van der Waals surface area (Å²) in [7, 11) is 0. The highest BCUT2D eigenvalue weighted by atomic mass is 79.9. The summed E-state index contributed by atoms with van der Waals surface area (Å²) in [6.07, 6.45) is 0.873. The number of nitrogens with zero attached hydrogens (tertiary/aromatic N) is 2. The lowest BCUT2D eigenvalue weighted by Crippen LogP contribution is -2.50. The first-order chi connectivity index (χ1) is 22.3. The van der Waals surface area contributed by atoms with Crippen LogP contribution >= 0.6 is 28.1 Å². The fourth-order valence-electron chi connectivity index (χ4n) is 5.55. The molecule has 1 saturated heterocycles. The summed E-state index contributed by atoms with van der Waals surface area (Å²) in [6.45, 7) is 7.40. The number of rotatable bonds is 10. The average molecular weight is 700 g/mol. The van der Waals surface area contributed by atoms with Crippen molar-refractivity contribution in [1.82, 2.24) is 15.1 Å². The SMILES string of the molecule is CC(C)CCOc1ccc(Br)cc1C(=O)NC(=S)Nc1ccccc1C(=O)N1CCN(C(c2ccccc2)c2ccccc2)CC1. The van der Waals surface area contributed by atoms with Crippen molar-refractivity contribution in [2.45, 2.75) is 26.3 Å². The molecule has 1 aliphatic rings. The summed E-state index contributed by atoms with van der Waals surface area (Å²) in [5, 5.41) is 5.93. The second-order valence-corrected chi connectivity index (χ2v) is 13.0. The van der Waals surface area contributed by atoms with E-state index in [-0.39, 0.29) is 17.1 Å². The van der Waals surface area contributed by atoms with Gasteiger partial charge in [0.25, 0.3) is 11.8 Å². The number of thiocarbonyl (C=S) groups is 1. The number of carbonyl (C=O) groups excluding carboxylic acids is 2. The van der Waals surface area contributed by atoms with Crippen LogP contribution in [-0.4, -0.2) is 59.5 Å². The first-order valence-corrected chi connectivity index (χ1v) is 16.8. The highest BCUT2D eigenvalue weighted by Crippen LogP contribution is 2.30. The minimum Gasteiger partial charge on any atom is -0.493 e. The van der Waals surface area contributed by atoms with Crippen LogP contribution in [0.15, 0.2) is 108 Å². The summed E-state index contributed by atoms with van der Waals surface area (Å²) >= 11 is 8.97. The van der Waals surface area contributed by atoms with Crippen molar-refractivity contribution in [2.24, 2.45) is 5.92 Å². The van der Waals surface area contributed by atoms with E-state index in [1.807, 2.05) is 35.2 Å². The number of para-hydroxylation sites is 1. The van der Waals surface area contributed by atoms with Gasteiger partial charge in [-0.1, -0.05) is 103 Å². The molecule has 1 aliphatic heterocycles. The van der Waals surface area contributed by atoms with Crippen LogP contribution in [0.4, 0.5) is 5.69 Å². The molecule has 0 bridgehead atoms. The van der Waals surface area contributed by atoms with Crippen molar-refractivity contribution in [1.29, 1.82) is 0 Å². The Morgan fingerprint density at radius 2 is 1.43 bits per heavy atom. The van der Waals surface area contributed by atoms with E-state index >= 15 is 0 Å². The minimum absolute atomic E-state index is 0.0827. The van der Waals surface area contributed by atoms with Crippen molar-refractivity contribution < 1.29 is 14.3 Å². The maximum Gasteiger partial charge on any atom is 0.261 e. The van der Waals surface area contributed by atoms with Crippen LogP contribution in [0.1, 0.15) is 58.2 Å². The van der Waals surface area contributed by atoms with E-state index in [9.17, 15) is 9.59 Å². The van der Waals surface area contributed by atoms with E-state index in [1.165, 1.54) is 11.1 Å². The Hall–Kier alpha value is -4.05. The van der Waals surface area contributed by atoms with Crippen LogP contribution in [0.3, 0.4) is 0 Å². The van der Waals surface area contributed by atoms with Crippen molar-refractivity contribution in [3.8, 4) is 5.75 Å². The second-order valence-electron chi connectivity index (χ2n) is 11.7. The van der Waals surface area contributed by atoms with Crippen molar-refractivity contribution in [3.05, 3.63) is 130 Å². The number of nitrogens with one attached hydrogen (secondary N) is 2. The normalized spacial score (nSPS) is 13.5. The van der Waals surface area contributed by atoms with Crippen LogP contribution < -0.4 is 15.4 Å². The standard InChI is InChI=1S/C37H39BrN4O3S/c1-26(2)19-24-45-33-18-17-29(38)25-31(33)35(43)40-37(46)39-32-16-10-9-15-30(32)36(44)42-22-20-41(21-23-42)34(27-11-5-3-6-12-27)28-13-7-4-8-14-28/h3-18,25-26,34H,19-24H2,1-2H3,(H2,39,40,43,46). The van der Waals surface area contributed by atoms with Gasteiger partial charge >= 0.3 is 0 Å². The van der Waals surface area contributed by atoms with Gasteiger partial charge in [0.15, 0.2) is 5.11 Å². The molecule has 0 spiro atoms. The number of hydrogen-bond acceptors (Lipinski definition) is 5. The monoisotopic (exact) mass is 698 g/mol. The highest BCUT2D eigenvalue weighted by molar-refractivity contribution is 9.10. The van der Waals surface area contributed by atoms with Gasteiger partial charge in [-0.25, -0.2) is 0 Å². The summed E-state index contributed by atoms with van der Waals surface area (Å²) in [4.78, 5) is 31.4. The lowest BCUT2D eigenvalue weighted by Gasteiger charge is -2.40. The number of amides is 2. The highest BCUT2D eigenvalue weighted by Gasteiger charge is 2.29. The molecule has 4 aromatic carbocycles. The number of piperazine rings is 1. The number of ether oxygens (including phenoxy) is 1. The van der Waals surface area contributed by atoms with Crippen LogP contribution in [0.5, 0.6) is 5.75 Å². The molecule has 4 aromatic rings. The van der Waals surface area contributed by atoms with Gasteiger partial charge in [0.2, 0.25) is 0 Å². The second kappa shape index (κ2) is 16.0. The molecule has 0 radical (unpaired) electrons. The minimum atomic E-state index is -0.398. The molecule has 0 atom stereocenters. The average Bonchev–Trinajstić information content (AvgIpc) is 3.06. The molecule has 46 heavy (non-hydrogen) atoms. The third-order valence-corrected chi connectivity index (χ3v) is 8.67. The molecule has 0 saturated carbocycles. The van der Waals surface area contributed by atoms with E-state index in [0.29, 0.717) is 48.2 Å². The van der Waals surface area contributed by atoms with E-state index < -0.39 is 5.91 Å². The Bertz CT molecular complexity index is 1600. The molecular weight excluding hydrogens is 660 g/mol. The molecule has 1 fully saturated rings. The summed E-state index contributed by atoms with van der Waals surface area (Å²) in [6, 6.07) is 33.7. The number of carbonyl (C=O) groups is 2. The Balaban J connectivity index is 1.23. The molecule has 0 unspecified atom stereocenters. The molecular formula is C37H39BrN4O3S. The number of benzene rings is 4. The van der Waals surface area contributed by atoms with E-state index in [1.54, 1.807) is 24.3 Å². The Morgan fingerprint density at radius 3 is 2.07 bits per heavy atom. The van der Waals surface area contributed by atoms with E-state index in [0.717, 1.165) is 24.0 Å². The Labute approximate surface area is 285 Å². The summed E-state index contributed by atoms with van der Waals surface area (Å²) in [5.41, 5.74) is 3.87. The molecule has 2 amide bonds. The maximum atomic E-state index is 13.8. The predicted molar refractivity (Wildman–Crippen MR) is 191 cm³/mol. The first kappa shape index (κ1) is 33.3. The fraction of sp³-hybridized carbons (Fsp3) is 0.270. The predicted octanol–water partition coefficient (Wildman–Crippen LogP) is 7.55. The molecule has 9 heteroatoms. The smallest absolute Gasteiger partial charge is 0.261 e. The zero-order valence-electron chi connectivity index (χ0n) is 26.1. The summed E-state index contributed by atoms with van der Waals surface area (Å²) in [5.74, 6) is 0.489. The summed E-state index contributed by atoms with van der Waals surface area (Å²) < 4.78 is 6.67. The van der Waals surface area contributed by atoms with Crippen LogP contribution in [0, 0.1) is 5.92 Å². The van der Waals surface area contributed by atoms with Gasteiger partial charge in [0, 0.05) is 30.7 Å². The zero-order valence-corrected chi connectivity index (χ0v) is 28.5. The quantitative estimate of drug-likeness (QED) is 0.167. The molecule has 1 heterocycles. The van der Waals surface area contributed by atoms with Gasteiger partial charge in [0.05, 0.1) is 29.5 Å². The van der Waals surface area contributed by atoms with Gasteiger partial charge in [-0.3, -0.25) is 19.8 Å². The largest absolute Gasteiger partial charge is 0.493 e. The zero-order chi connectivity index (χ0) is 32.5. The third kappa shape index (κ3) is 8.60. The molecule has 2 N–H and O–H groups in total. The van der Waals surface area contributed by atoms with Gasteiger partial charge < -0.3 is 15.0 Å². The molecule has 238 valence electrons. The first-order valence-electron chi connectivity index (χ1n) is 15.6. The lowest BCUT2D eigenvalue weighted by atomic mass is 9.96. The lowest BCUT2D eigenvalue weighted by molar-refractivity contribution is 0.0598. The number of anilines is 1. The van der Waals surface area contributed by atoms with Gasteiger partial charge in [-0.2, -0.15) is 0 Å². The van der Waals surface area contributed by atoms with Crippen molar-refractivity contribution in [2.75, 3.05) is 38.1 Å². The Morgan fingerprint density at radius 1 is 0.826 bits per heavy atom. The fourth-order valence-corrected chi connectivity index (χ4v) is 6.11. The third-order valence-electron chi connectivity index (χ3n) is 7.97. The van der Waals surface area contributed by atoms with Crippen molar-refractivity contribution >= 4 is 50.8 Å². The number of halogens is 1. The molecule has 0 aliphatic carbocycles. The number of hydrogen-bond donors (Lipinski definition) is 2. The molecule has 7 nitrogen and oxygen atoms in total. The van der Waals surface area contributed by atoms with Gasteiger partial charge in [-0.15, -0.1) is 0 Å². The van der Waals surface area contributed by atoms with Crippen LogP contribution in [0.25, 0.3) is 0 Å². The van der Waals surface area contributed by atoms with Crippen LogP contribution in [0.2, 0.25) is 0 Å². The Kier molecular flexibility index (Phi) is 11.6. The van der Waals surface area contributed by atoms with Crippen LogP contribution in [-0.2, 0) is 0 Å². The van der Waals surface area contributed by atoms with Crippen molar-refractivity contribution in [3.63, 3.8) is 0 Å².